The fraction of sp³-hybridized carbons (Fsp3) is 0.321. The molecule has 2 aliphatic heterocycles. The molecule has 1 atom stereocenters. The quantitative estimate of drug-likeness (QED) is 0.318. The van der Waals surface area contributed by atoms with Gasteiger partial charge in [-0.25, -0.2) is 28.8 Å². The molecule has 13 nitrogen and oxygen atoms in total. The van der Waals surface area contributed by atoms with Gasteiger partial charge in [0.15, 0.2) is 11.6 Å². The van der Waals surface area contributed by atoms with Crippen LogP contribution in [0.15, 0.2) is 55.0 Å². The number of urea groups is 1. The van der Waals surface area contributed by atoms with Gasteiger partial charge in [-0.3, -0.25) is 14.9 Å². The highest BCUT2D eigenvalue weighted by molar-refractivity contribution is 7.80. The van der Waals surface area contributed by atoms with Crippen LogP contribution in [-0.2, 0) is 16.0 Å². The Balaban J connectivity index is 1.18. The number of thiocarbonyl (C=S) groups is 1. The molecule has 2 aliphatic rings. The van der Waals surface area contributed by atoms with E-state index in [0.29, 0.717) is 11.6 Å². The second kappa shape index (κ2) is 14.1. The molecule has 2 saturated heterocycles. The first-order valence-electron chi connectivity index (χ1n) is 13.7. The largest absolute Gasteiger partial charge is 0.474 e. The number of carbonyl (C=O) groups is 2. The molecule has 0 radical (unpaired) electrons. The van der Waals surface area contributed by atoms with Crippen molar-refractivity contribution in [2.45, 2.75) is 12.6 Å². The molecule has 3 amide bonds. The third kappa shape index (κ3) is 7.38. The number of benzene rings is 2. The lowest BCUT2D eigenvalue weighted by Gasteiger charge is -2.25. The van der Waals surface area contributed by atoms with Crippen LogP contribution in [0.1, 0.15) is 5.56 Å². The standard InChI is InChI=1S/C28H30F2N8O5S/c1-41-27(44)34-15-20-17-37(28(40)42-20)19-12-21(29)25(22(30)13-19)36-9-8-35-38(11-10-36)26(39)33-14-18-4-2-3-5-23(18)43-24-16-31-6-7-32-24/h2-7,12-13,16,20,35H,8-11,14-15,17H2,1H3,(H,33,39)(H,34,44)/t20-/m0/s1. The minimum atomic E-state index is -0.840. The van der Waals surface area contributed by atoms with E-state index in [2.05, 4.69) is 26.0 Å². The second-order valence-corrected chi connectivity index (χ2v) is 10.1. The van der Waals surface area contributed by atoms with Crippen LogP contribution in [0.3, 0.4) is 0 Å². The van der Waals surface area contributed by atoms with Gasteiger partial charge in [0.2, 0.25) is 5.88 Å². The van der Waals surface area contributed by atoms with Crippen molar-refractivity contribution < 1.29 is 32.6 Å². The number of nitrogens with zero attached hydrogens (tertiary/aromatic N) is 5. The number of cyclic esters (lactones) is 1. The van der Waals surface area contributed by atoms with Crippen molar-refractivity contribution in [3.8, 4) is 11.6 Å². The third-order valence-corrected chi connectivity index (χ3v) is 7.15. The fourth-order valence-corrected chi connectivity index (χ4v) is 4.80. The number of nitrogens with one attached hydrogen (secondary N) is 3. The van der Waals surface area contributed by atoms with E-state index >= 15 is 8.78 Å². The first kappa shape index (κ1) is 30.6. The van der Waals surface area contributed by atoms with Crippen molar-refractivity contribution in [1.29, 1.82) is 0 Å². The summed E-state index contributed by atoms with van der Waals surface area (Å²) in [5, 5.41) is 7.13. The minimum absolute atomic E-state index is 0.0306. The monoisotopic (exact) mass is 628 g/mol. The molecule has 1 aromatic heterocycles. The van der Waals surface area contributed by atoms with Gasteiger partial charge >= 0.3 is 12.1 Å². The zero-order chi connectivity index (χ0) is 31.1. The predicted octanol–water partition coefficient (Wildman–Crippen LogP) is 2.93. The summed E-state index contributed by atoms with van der Waals surface area (Å²) in [6.07, 6.45) is 3.22. The van der Waals surface area contributed by atoms with Crippen LogP contribution >= 0.6 is 12.2 Å². The van der Waals surface area contributed by atoms with Gasteiger partial charge in [-0.15, -0.1) is 0 Å². The van der Waals surface area contributed by atoms with E-state index in [1.165, 1.54) is 35.6 Å². The van der Waals surface area contributed by atoms with Crippen molar-refractivity contribution in [2.75, 3.05) is 56.2 Å². The Bertz CT molecular complexity index is 1480. The molecule has 2 aromatic carbocycles. The Morgan fingerprint density at radius 3 is 2.70 bits per heavy atom. The van der Waals surface area contributed by atoms with Crippen molar-refractivity contribution >= 4 is 40.9 Å². The summed E-state index contributed by atoms with van der Waals surface area (Å²) in [6, 6.07) is 8.97. The Hall–Kier alpha value is -4.83. The van der Waals surface area contributed by atoms with Gasteiger partial charge < -0.3 is 29.7 Å². The minimum Gasteiger partial charge on any atom is -0.474 e. The van der Waals surface area contributed by atoms with Gasteiger partial charge in [-0.2, -0.15) is 0 Å². The molecular weight excluding hydrogens is 598 g/mol. The Labute approximate surface area is 257 Å². The highest BCUT2D eigenvalue weighted by Gasteiger charge is 2.34. The lowest BCUT2D eigenvalue weighted by Crippen LogP contribution is -2.48. The molecule has 3 aromatic rings. The summed E-state index contributed by atoms with van der Waals surface area (Å²) in [7, 11) is 1.41. The number of methoxy groups -OCH3 is 1. The molecule has 3 N–H and O–H groups in total. The van der Waals surface area contributed by atoms with Gasteiger partial charge in [0.05, 0.1) is 38.6 Å². The van der Waals surface area contributed by atoms with Crippen molar-refractivity contribution in [2.24, 2.45) is 0 Å². The number of carbonyl (C=O) groups excluding carboxylic acids is 2. The molecule has 0 unspecified atom stereocenters. The van der Waals surface area contributed by atoms with E-state index in [4.69, 9.17) is 26.4 Å². The number of anilines is 2. The van der Waals surface area contributed by atoms with Crippen molar-refractivity contribution in [1.82, 2.24) is 31.0 Å². The van der Waals surface area contributed by atoms with E-state index in [9.17, 15) is 9.59 Å². The van der Waals surface area contributed by atoms with E-state index in [1.54, 1.807) is 12.1 Å². The Morgan fingerprint density at radius 2 is 1.95 bits per heavy atom. The molecule has 0 spiro atoms. The highest BCUT2D eigenvalue weighted by Crippen LogP contribution is 2.31. The molecule has 0 aliphatic carbocycles. The molecule has 0 saturated carbocycles. The molecule has 2 fully saturated rings. The number of hydrazine groups is 1. The first-order valence-corrected chi connectivity index (χ1v) is 14.1. The lowest BCUT2D eigenvalue weighted by molar-refractivity contribution is 0.142. The fourth-order valence-electron chi connectivity index (χ4n) is 4.71. The number of para-hydroxylation sites is 1. The maximum absolute atomic E-state index is 15.3. The number of aromatic nitrogens is 2. The number of halogens is 2. The van der Waals surface area contributed by atoms with Crippen LogP contribution in [0.2, 0.25) is 0 Å². The number of rotatable bonds is 8. The third-order valence-electron chi connectivity index (χ3n) is 6.84. The lowest BCUT2D eigenvalue weighted by atomic mass is 10.2. The first-order chi connectivity index (χ1) is 21.3. The van der Waals surface area contributed by atoms with Crippen LogP contribution in [0.5, 0.6) is 11.6 Å². The van der Waals surface area contributed by atoms with Crippen LogP contribution in [-0.4, -0.2) is 84.8 Å². The second-order valence-electron chi connectivity index (χ2n) is 9.71. The average molecular weight is 629 g/mol. The average Bonchev–Trinajstić information content (AvgIpc) is 3.23. The maximum Gasteiger partial charge on any atom is 0.414 e. The van der Waals surface area contributed by atoms with Gasteiger partial charge in [0.25, 0.3) is 5.17 Å². The Kier molecular flexibility index (Phi) is 9.81. The summed E-state index contributed by atoms with van der Waals surface area (Å²) >= 11 is 4.91. The highest BCUT2D eigenvalue weighted by atomic mass is 32.1. The maximum atomic E-state index is 15.3. The van der Waals surface area contributed by atoms with Gasteiger partial charge in [-0.1, -0.05) is 18.2 Å². The number of ether oxygens (including phenoxy) is 3. The normalized spacial score (nSPS) is 16.7. The molecule has 232 valence electrons. The summed E-state index contributed by atoms with van der Waals surface area (Å²) in [6.45, 7) is 1.19. The molecular formula is C28H30F2N8O5S. The van der Waals surface area contributed by atoms with Gasteiger partial charge in [0, 0.05) is 56.3 Å². The smallest absolute Gasteiger partial charge is 0.414 e. The Morgan fingerprint density at radius 1 is 1.16 bits per heavy atom. The summed E-state index contributed by atoms with van der Waals surface area (Å²) in [5.74, 6) is -0.847. The van der Waals surface area contributed by atoms with E-state index in [1.807, 2.05) is 12.1 Å². The zero-order valence-corrected chi connectivity index (χ0v) is 24.5. The van der Waals surface area contributed by atoms with Crippen LogP contribution in [0, 0.1) is 11.6 Å². The van der Waals surface area contributed by atoms with Crippen molar-refractivity contribution in [3.05, 3.63) is 72.2 Å². The zero-order valence-electron chi connectivity index (χ0n) is 23.7. The SMILES string of the molecule is COC(=S)NC[C@H]1CN(c2cc(F)c(N3CCNN(C(=O)NCc4ccccc4Oc4cnccn4)CC3)c(F)c2)C(=O)O1. The van der Waals surface area contributed by atoms with Crippen LogP contribution in [0.4, 0.5) is 29.7 Å². The molecule has 3 heterocycles. The summed E-state index contributed by atoms with van der Waals surface area (Å²) in [5.41, 5.74) is 3.50. The van der Waals surface area contributed by atoms with Crippen LogP contribution < -0.4 is 30.6 Å². The molecule has 16 heteroatoms. The molecule has 5 rings (SSSR count). The van der Waals surface area contributed by atoms with Gasteiger partial charge in [-0.05, 0) is 18.3 Å². The molecule has 44 heavy (non-hydrogen) atoms. The summed E-state index contributed by atoms with van der Waals surface area (Å²) in [4.78, 5) is 36.1. The van der Waals surface area contributed by atoms with Crippen LogP contribution in [0.25, 0.3) is 0 Å². The summed E-state index contributed by atoms with van der Waals surface area (Å²) < 4.78 is 46.6. The van der Waals surface area contributed by atoms with E-state index < -0.39 is 29.9 Å². The van der Waals surface area contributed by atoms with E-state index in [-0.39, 0.29) is 62.4 Å². The predicted molar refractivity (Wildman–Crippen MR) is 159 cm³/mol. The van der Waals surface area contributed by atoms with Crippen molar-refractivity contribution in [3.63, 3.8) is 0 Å². The topological polar surface area (TPSA) is 133 Å². The number of hydrogen-bond donors (Lipinski definition) is 3. The van der Waals surface area contributed by atoms with Gasteiger partial charge in [0.1, 0.15) is 17.5 Å². The number of amides is 3. The molecule has 0 bridgehead atoms. The number of hydrogen-bond acceptors (Lipinski definition) is 10. The van der Waals surface area contributed by atoms with E-state index in [0.717, 1.165) is 22.6 Å².